The van der Waals surface area contributed by atoms with E-state index in [-0.39, 0.29) is 17.5 Å². The van der Waals surface area contributed by atoms with Gasteiger partial charge in [-0.2, -0.15) is 5.26 Å². The quantitative estimate of drug-likeness (QED) is 0.758. The van der Waals surface area contributed by atoms with Crippen LogP contribution in [0, 0.1) is 29.1 Å². The van der Waals surface area contributed by atoms with Crippen LogP contribution in [-0.2, 0) is 4.79 Å². The Morgan fingerprint density at radius 2 is 1.93 bits per heavy atom. The van der Waals surface area contributed by atoms with Crippen molar-refractivity contribution >= 4 is 17.5 Å². The first kappa shape index (κ1) is 19.7. The molecule has 0 aliphatic heterocycles. The number of hydrogen-bond donors (Lipinski definition) is 1. The molecular weight excluding hydrogens is 370 g/mol. The zero-order valence-electron chi connectivity index (χ0n) is 16.7. The lowest BCUT2D eigenvalue weighted by Gasteiger charge is -2.60. The molecule has 4 bridgehead atoms. The van der Waals surface area contributed by atoms with Gasteiger partial charge in [0, 0.05) is 22.7 Å². The number of hydrogen-bond acceptors (Lipinski definition) is 2. The highest BCUT2D eigenvalue weighted by molar-refractivity contribution is 6.30. The lowest BCUT2D eigenvalue weighted by atomic mass is 9.52. The van der Waals surface area contributed by atoms with Crippen LogP contribution in [0.25, 0.3) is 0 Å². The molecule has 1 aromatic rings. The monoisotopic (exact) mass is 400 g/mol. The molecule has 1 aromatic carbocycles. The Bertz CT molecular complexity index is 736. The second-order valence-electron chi connectivity index (χ2n) is 9.38. The molecule has 4 nitrogen and oxygen atoms in total. The topological polar surface area (TPSA) is 60.7 Å². The van der Waals surface area contributed by atoms with Gasteiger partial charge in [0.25, 0.3) is 5.91 Å². The summed E-state index contributed by atoms with van der Waals surface area (Å²) in [6, 6.07) is 10.3. The van der Waals surface area contributed by atoms with Gasteiger partial charge in [0.05, 0.1) is 12.5 Å². The van der Waals surface area contributed by atoms with Crippen molar-refractivity contribution in [1.82, 2.24) is 4.90 Å². The predicted molar refractivity (Wildman–Crippen MR) is 110 cm³/mol. The second kappa shape index (κ2) is 8.05. The minimum atomic E-state index is 0.0236. The number of rotatable bonds is 7. The molecule has 1 amide bonds. The van der Waals surface area contributed by atoms with Crippen LogP contribution in [0.15, 0.2) is 24.3 Å². The number of carbonyl (C=O) groups excluding carboxylic acids is 1. The van der Waals surface area contributed by atoms with E-state index in [1.54, 1.807) is 0 Å². The highest BCUT2D eigenvalue weighted by Crippen LogP contribution is 2.57. The van der Waals surface area contributed by atoms with Gasteiger partial charge in [0.2, 0.25) is 0 Å². The highest BCUT2D eigenvalue weighted by atomic mass is 35.5. The van der Waals surface area contributed by atoms with Crippen molar-refractivity contribution in [2.75, 3.05) is 13.1 Å². The number of quaternary nitrogens is 1. The maximum atomic E-state index is 13.3. The van der Waals surface area contributed by atoms with E-state index in [2.05, 4.69) is 29.3 Å². The lowest BCUT2D eigenvalue weighted by molar-refractivity contribution is -0.683. The second-order valence-corrected chi connectivity index (χ2v) is 9.82. The smallest absolute Gasteiger partial charge is 0.278 e. The Balaban J connectivity index is 1.45. The minimum Gasteiger partial charge on any atom is -0.333 e. The fourth-order valence-corrected chi connectivity index (χ4v) is 6.70. The summed E-state index contributed by atoms with van der Waals surface area (Å²) in [6.07, 6.45) is 7.96. The molecule has 28 heavy (non-hydrogen) atoms. The molecule has 5 rings (SSSR count). The summed E-state index contributed by atoms with van der Waals surface area (Å²) in [6.45, 7) is 3.13. The molecule has 0 radical (unpaired) electrons. The van der Waals surface area contributed by atoms with Crippen LogP contribution in [0.2, 0.25) is 5.02 Å². The molecule has 0 unspecified atom stereocenters. The van der Waals surface area contributed by atoms with Gasteiger partial charge in [0.15, 0.2) is 6.54 Å². The predicted octanol–water partition coefficient (Wildman–Crippen LogP) is 3.68. The molecule has 0 spiro atoms. The number of nitrogens with zero attached hydrogens (tertiary/aromatic N) is 2. The van der Waals surface area contributed by atoms with Gasteiger partial charge >= 0.3 is 0 Å². The summed E-state index contributed by atoms with van der Waals surface area (Å²) in [5.74, 6) is 2.57. The number of benzene rings is 1. The third kappa shape index (κ3) is 3.93. The van der Waals surface area contributed by atoms with Crippen LogP contribution >= 0.6 is 11.6 Å². The summed E-state index contributed by atoms with van der Waals surface area (Å²) in [7, 11) is 0. The third-order valence-electron chi connectivity index (χ3n) is 7.35. The van der Waals surface area contributed by atoms with Crippen molar-refractivity contribution < 1.29 is 10.1 Å². The largest absolute Gasteiger partial charge is 0.333 e. The average molecular weight is 401 g/mol. The minimum absolute atomic E-state index is 0.0236. The molecule has 4 saturated carbocycles. The van der Waals surface area contributed by atoms with E-state index in [0.29, 0.717) is 19.5 Å². The van der Waals surface area contributed by atoms with Crippen molar-refractivity contribution in [2.24, 2.45) is 17.8 Å². The molecule has 4 fully saturated rings. The van der Waals surface area contributed by atoms with Gasteiger partial charge in [-0.25, -0.2) is 0 Å². The van der Waals surface area contributed by atoms with Crippen molar-refractivity contribution in [1.29, 1.82) is 5.26 Å². The molecule has 1 atom stereocenters. The molecule has 5 heteroatoms. The van der Waals surface area contributed by atoms with Gasteiger partial charge in [-0.05, 0) is 75.3 Å². The number of nitrogens with two attached hydrogens (primary N) is 1. The van der Waals surface area contributed by atoms with Crippen molar-refractivity contribution in [3.05, 3.63) is 34.9 Å². The van der Waals surface area contributed by atoms with E-state index in [1.807, 2.05) is 18.2 Å². The van der Waals surface area contributed by atoms with Gasteiger partial charge in [-0.15, -0.1) is 0 Å². The first-order chi connectivity index (χ1) is 13.5. The van der Waals surface area contributed by atoms with Crippen LogP contribution in [0.4, 0.5) is 0 Å². The van der Waals surface area contributed by atoms with E-state index >= 15 is 0 Å². The first-order valence-electron chi connectivity index (χ1n) is 10.8. The van der Waals surface area contributed by atoms with Gasteiger partial charge < -0.3 is 10.2 Å². The fourth-order valence-electron chi connectivity index (χ4n) is 6.50. The summed E-state index contributed by atoms with van der Waals surface area (Å²) in [4.78, 5) is 15.5. The van der Waals surface area contributed by atoms with E-state index in [0.717, 1.165) is 47.6 Å². The maximum absolute atomic E-state index is 13.3. The van der Waals surface area contributed by atoms with E-state index in [1.165, 1.54) is 19.3 Å². The van der Waals surface area contributed by atoms with E-state index < -0.39 is 0 Å². The standard InChI is InChI=1S/C23H30ClN3O/c1-16(20-4-2-5-21(24)11-20)26-15-22(28)27(7-3-6-25)23-12-17-8-18(13-23)10-19(9-17)14-23/h2,4-5,11,16-19,26H,3,7-10,12-15H2,1H3/p+1/t16-,17?,18?,19?,23?/m0/s1. The molecule has 150 valence electrons. The molecule has 2 N–H and O–H groups in total. The molecular formula is C23H31ClN3O+. The van der Waals surface area contributed by atoms with Crippen LogP contribution < -0.4 is 5.32 Å². The maximum Gasteiger partial charge on any atom is 0.278 e. The van der Waals surface area contributed by atoms with Crippen LogP contribution in [-0.4, -0.2) is 29.4 Å². The Labute approximate surface area is 173 Å². The zero-order chi connectivity index (χ0) is 19.7. The summed E-state index contributed by atoms with van der Waals surface area (Å²) < 4.78 is 0. The molecule has 0 saturated heterocycles. The first-order valence-corrected chi connectivity index (χ1v) is 11.1. The van der Waals surface area contributed by atoms with Crippen LogP contribution in [0.3, 0.4) is 0 Å². The molecule has 4 aliphatic carbocycles. The number of nitriles is 1. The number of halogens is 1. The summed E-state index contributed by atoms with van der Waals surface area (Å²) >= 11 is 6.12. The zero-order valence-corrected chi connectivity index (χ0v) is 17.5. The van der Waals surface area contributed by atoms with Crippen molar-refractivity contribution in [3.63, 3.8) is 0 Å². The average Bonchev–Trinajstić information content (AvgIpc) is 2.65. The Kier molecular flexibility index (Phi) is 5.67. The molecule has 0 aromatic heterocycles. The van der Waals surface area contributed by atoms with Gasteiger partial charge in [-0.3, -0.25) is 4.79 Å². The Hall–Kier alpha value is -1.57. The number of amides is 1. The van der Waals surface area contributed by atoms with Crippen LogP contribution in [0.1, 0.15) is 63.5 Å². The van der Waals surface area contributed by atoms with E-state index in [4.69, 9.17) is 16.9 Å². The van der Waals surface area contributed by atoms with Crippen molar-refractivity contribution in [3.8, 4) is 6.07 Å². The SMILES string of the molecule is C[C@H]([NH2+]CC(=O)N(CCC#N)C12CC3CC(CC(C3)C1)C2)c1cccc(Cl)c1. The normalized spacial score (nSPS) is 31.4. The summed E-state index contributed by atoms with van der Waals surface area (Å²) in [5, 5.41) is 12.0. The highest BCUT2D eigenvalue weighted by Gasteiger charge is 2.54. The van der Waals surface area contributed by atoms with Gasteiger partial charge in [-0.1, -0.05) is 23.7 Å². The third-order valence-corrected chi connectivity index (χ3v) is 7.58. The van der Waals surface area contributed by atoms with Crippen LogP contribution in [0.5, 0.6) is 0 Å². The summed E-state index contributed by atoms with van der Waals surface area (Å²) in [5.41, 5.74) is 1.16. The molecule has 0 heterocycles. The molecule has 4 aliphatic rings. The van der Waals surface area contributed by atoms with Gasteiger partial charge in [0.1, 0.15) is 6.04 Å². The fraction of sp³-hybridized carbons (Fsp3) is 0.652. The van der Waals surface area contributed by atoms with E-state index in [9.17, 15) is 4.79 Å². The Morgan fingerprint density at radius 3 is 2.50 bits per heavy atom. The van der Waals surface area contributed by atoms with Crippen molar-refractivity contribution in [2.45, 2.75) is 63.5 Å². The lowest BCUT2D eigenvalue weighted by Crippen LogP contribution is -2.87. The Morgan fingerprint density at radius 1 is 1.29 bits per heavy atom. The number of carbonyl (C=O) groups is 1.